The first kappa shape index (κ1) is 32.1. The maximum atomic E-state index is 14.6. The summed E-state index contributed by atoms with van der Waals surface area (Å²) in [6.07, 6.45) is 1.01. The van der Waals surface area contributed by atoms with Gasteiger partial charge in [0.1, 0.15) is 12.9 Å². The number of carbonyl (C=O) groups is 2. The Morgan fingerprint density at radius 3 is 2.76 bits per heavy atom. The number of likely N-dealkylation sites (tertiary alicyclic amines) is 1. The molecule has 0 bridgehead atoms. The number of aryl methyl sites for hydroxylation is 1. The van der Waals surface area contributed by atoms with Crippen molar-refractivity contribution in [2.75, 3.05) is 25.1 Å². The van der Waals surface area contributed by atoms with E-state index in [4.69, 9.17) is 21.3 Å². The number of fused-ring (bicyclic) bond motifs is 8. The number of halogens is 4. The summed E-state index contributed by atoms with van der Waals surface area (Å²) < 4.78 is 48.2. The molecule has 51 heavy (non-hydrogen) atoms. The molecule has 4 aromatic rings. The average Bonchev–Trinajstić information content (AvgIpc) is 4.02. The summed E-state index contributed by atoms with van der Waals surface area (Å²) in [5.41, 5.74) is 0.554. The monoisotopic (exact) mass is 722 g/mol. The van der Waals surface area contributed by atoms with Crippen molar-refractivity contribution in [1.29, 1.82) is 0 Å². The number of piperidine rings is 1. The zero-order valence-electron chi connectivity index (χ0n) is 27.1. The van der Waals surface area contributed by atoms with E-state index in [2.05, 4.69) is 20.4 Å². The van der Waals surface area contributed by atoms with E-state index in [0.29, 0.717) is 61.8 Å². The van der Waals surface area contributed by atoms with E-state index in [0.717, 1.165) is 30.2 Å². The van der Waals surface area contributed by atoms with Gasteiger partial charge < -0.3 is 24.6 Å². The number of carbonyl (C=O) groups excluding carboxylic acids is 2. The van der Waals surface area contributed by atoms with Crippen LogP contribution in [-0.2, 0) is 27.7 Å². The Bertz CT molecular complexity index is 2290. The smallest absolute Gasteiger partial charge is 0.416 e. The molecule has 5 heterocycles. The fourth-order valence-corrected chi connectivity index (χ4v) is 9.04. The van der Waals surface area contributed by atoms with Gasteiger partial charge in [0.05, 0.1) is 35.2 Å². The highest BCUT2D eigenvalue weighted by Gasteiger charge is 2.73. The van der Waals surface area contributed by atoms with E-state index in [9.17, 15) is 32.7 Å². The molecule has 5 aliphatic rings. The summed E-state index contributed by atoms with van der Waals surface area (Å²) >= 11 is 6.16. The van der Waals surface area contributed by atoms with Crippen LogP contribution in [0.5, 0.6) is 5.75 Å². The Labute approximate surface area is 292 Å². The molecule has 1 aromatic carbocycles. The first-order chi connectivity index (χ1) is 24.4. The quantitative estimate of drug-likeness (QED) is 0.310. The largest absolute Gasteiger partial charge is 0.504 e. The number of nitrogens with one attached hydrogen (secondary N) is 1. The molecule has 3 fully saturated rings. The molecule has 0 unspecified atom stereocenters. The third-order valence-corrected chi connectivity index (χ3v) is 11.5. The lowest BCUT2D eigenvalue weighted by Crippen LogP contribution is -2.49. The molecule has 1 spiro atoms. The number of rotatable bonds is 5. The van der Waals surface area contributed by atoms with Crippen LogP contribution in [0.3, 0.4) is 0 Å². The molecule has 3 aromatic heterocycles. The average molecular weight is 723 g/mol. The molecule has 9 rings (SSSR count). The predicted octanol–water partition coefficient (Wildman–Crippen LogP) is 4.10. The number of aromatic nitrogens is 6. The maximum absolute atomic E-state index is 14.6. The zero-order chi connectivity index (χ0) is 35.6. The van der Waals surface area contributed by atoms with E-state index in [1.165, 1.54) is 10.8 Å². The molecule has 264 valence electrons. The van der Waals surface area contributed by atoms with Gasteiger partial charge in [0.15, 0.2) is 17.3 Å². The standard InChI is InChI=1S/C34H30ClF3N8O5/c1-15-28(48)26(40-14-39-15)31(50)44-7-6-33(20-12-23(20)44)19-11-18(19)27-25(33)30(49)46-32(42-29(43-46)16-4-8-51-9-5-16)45(27)13-24(47)41-22-3-2-17(10-21(22)35)34(36,37)38/h2-4,10,14,18-20,23,48H,5-9,11-13H2,1H3,(H,41,47)/t18-,19+,20-,23+,33+/m1/s1. The van der Waals surface area contributed by atoms with Crippen molar-refractivity contribution in [3.05, 3.63) is 80.0 Å². The lowest BCUT2D eigenvalue weighted by Gasteiger charge is -2.40. The fraction of sp³-hybridized carbons (Fsp3) is 0.441. The third kappa shape index (κ3) is 4.82. The minimum atomic E-state index is -4.60. The van der Waals surface area contributed by atoms with Gasteiger partial charge in [-0.25, -0.2) is 9.97 Å². The second-order valence-corrected chi connectivity index (χ2v) is 14.3. The van der Waals surface area contributed by atoms with Gasteiger partial charge in [0.25, 0.3) is 11.5 Å². The number of aromatic hydroxyl groups is 1. The van der Waals surface area contributed by atoms with Crippen LogP contribution in [0.25, 0.3) is 11.4 Å². The van der Waals surface area contributed by atoms with Crippen molar-refractivity contribution >= 4 is 40.5 Å². The van der Waals surface area contributed by atoms with Crippen molar-refractivity contribution in [2.24, 2.45) is 11.8 Å². The molecule has 17 heteroatoms. The van der Waals surface area contributed by atoms with E-state index in [1.807, 2.05) is 6.08 Å². The Balaban J connectivity index is 1.11. The van der Waals surface area contributed by atoms with E-state index >= 15 is 0 Å². The van der Waals surface area contributed by atoms with Crippen LogP contribution in [0.4, 0.5) is 18.9 Å². The normalized spacial score (nSPS) is 26.1. The summed E-state index contributed by atoms with van der Waals surface area (Å²) in [6, 6.07) is 2.55. The van der Waals surface area contributed by atoms with Crippen molar-refractivity contribution in [2.45, 2.75) is 62.7 Å². The second kappa shape index (κ2) is 11.1. The summed E-state index contributed by atoms with van der Waals surface area (Å²) in [7, 11) is 0. The predicted molar refractivity (Wildman–Crippen MR) is 174 cm³/mol. The number of hydrogen-bond acceptors (Lipinski definition) is 9. The van der Waals surface area contributed by atoms with Crippen LogP contribution in [0.1, 0.15) is 70.4 Å². The van der Waals surface area contributed by atoms with E-state index < -0.39 is 23.1 Å². The molecule has 3 aliphatic carbocycles. The number of amides is 2. The van der Waals surface area contributed by atoms with E-state index in [1.54, 1.807) is 16.4 Å². The van der Waals surface area contributed by atoms with E-state index in [-0.39, 0.29) is 69.7 Å². The van der Waals surface area contributed by atoms with Crippen LogP contribution in [0.2, 0.25) is 5.02 Å². The highest BCUT2D eigenvalue weighted by Crippen LogP contribution is 2.73. The van der Waals surface area contributed by atoms with Crippen LogP contribution in [0.15, 0.2) is 35.4 Å². The van der Waals surface area contributed by atoms with Gasteiger partial charge in [-0.15, -0.1) is 5.10 Å². The SMILES string of the molecule is Cc1ncnc(C(=O)N2CC[C@@]3(c4c(n(CC(=O)Nc5ccc(C(F)(F)F)cc5Cl)c5nc(C6=CCOCC6)nn5c4=O)[C@@H]4C[C@@H]43)[C@@H]3C[C@@H]32)c1O. The van der Waals surface area contributed by atoms with Gasteiger partial charge in [-0.05, 0) is 68.2 Å². The minimum absolute atomic E-state index is 0.0152. The number of nitrogens with zero attached hydrogens (tertiary/aromatic N) is 7. The van der Waals surface area contributed by atoms with Crippen molar-refractivity contribution in [1.82, 2.24) is 34.0 Å². The van der Waals surface area contributed by atoms with Gasteiger partial charge in [-0.2, -0.15) is 22.7 Å². The van der Waals surface area contributed by atoms with Crippen LogP contribution in [0, 0.1) is 18.8 Å². The Kier molecular flexibility index (Phi) is 6.98. The first-order valence-corrected chi connectivity index (χ1v) is 17.1. The second-order valence-electron chi connectivity index (χ2n) is 13.9. The fourth-order valence-electron chi connectivity index (χ4n) is 8.81. The topological polar surface area (TPSA) is 157 Å². The van der Waals surface area contributed by atoms with Crippen LogP contribution < -0.4 is 10.9 Å². The number of benzene rings is 1. The number of anilines is 1. The summed E-state index contributed by atoms with van der Waals surface area (Å²) in [5, 5.41) is 17.6. The molecule has 13 nitrogen and oxygen atoms in total. The van der Waals surface area contributed by atoms with Gasteiger partial charge in [0, 0.05) is 35.2 Å². The van der Waals surface area contributed by atoms with Gasteiger partial charge in [-0.1, -0.05) is 17.7 Å². The summed E-state index contributed by atoms with van der Waals surface area (Å²) in [5.74, 6) is -0.611. The molecule has 2 aliphatic heterocycles. The van der Waals surface area contributed by atoms with Crippen LogP contribution in [-0.4, -0.2) is 76.8 Å². The molecule has 0 radical (unpaired) electrons. The van der Waals surface area contributed by atoms with Crippen molar-refractivity contribution in [3.63, 3.8) is 0 Å². The molecular formula is C34H30ClF3N8O5. The lowest BCUT2D eigenvalue weighted by molar-refractivity contribution is -0.137. The molecule has 2 amide bonds. The number of ether oxygens (including phenoxy) is 1. The highest BCUT2D eigenvalue weighted by molar-refractivity contribution is 6.33. The van der Waals surface area contributed by atoms with Crippen molar-refractivity contribution < 1.29 is 32.6 Å². The minimum Gasteiger partial charge on any atom is -0.504 e. The summed E-state index contributed by atoms with van der Waals surface area (Å²) in [4.78, 5) is 56.4. The Morgan fingerprint density at radius 2 is 2.02 bits per heavy atom. The van der Waals surface area contributed by atoms with Gasteiger partial charge >= 0.3 is 6.18 Å². The number of hydrogen-bond donors (Lipinski definition) is 2. The lowest BCUT2D eigenvalue weighted by atomic mass is 9.70. The molecule has 2 saturated carbocycles. The maximum Gasteiger partial charge on any atom is 0.416 e. The zero-order valence-corrected chi connectivity index (χ0v) is 27.8. The molecular weight excluding hydrogens is 693 g/mol. The molecule has 5 atom stereocenters. The van der Waals surface area contributed by atoms with Gasteiger partial charge in [0.2, 0.25) is 11.7 Å². The first-order valence-electron chi connectivity index (χ1n) is 16.7. The molecule has 1 saturated heterocycles. The number of alkyl halides is 3. The molecule has 2 N–H and O–H groups in total. The van der Waals surface area contributed by atoms with Gasteiger partial charge in [-0.3, -0.25) is 14.4 Å². The highest BCUT2D eigenvalue weighted by atomic mass is 35.5. The van der Waals surface area contributed by atoms with Crippen molar-refractivity contribution in [3.8, 4) is 5.75 Å². The summed E-state index contributed by atoms with van der Waals surface area (Å²) in [6.45, 7) is 2.48. The third-order valence-electron chi connectivity index (χ3n) is 11.2. The Morgan fingerprint density at radius 1 is 1.20 bits per heavy atom. The van der Waals surface area contributed by atoms with Crippen LogP contribution >= 0.6 is 11.6 Å². The Hall–Kier alpha value is -4.83.